The van der Waals surface area contributed by atoms with Gasteiger partial charge in [-0.15, -0.1) is 0 Å². The van der Waals surface area contributed by atoms with Crippen molar-refractivity contribution in [2.24, 2.45) is 0 Å². The van der Waals surface area contributed by atoms with Gasteiger partial charge in [-0.05, 0) is 43.0 Å². The van der Waals surface area contributed by atoms with Crippen LogP contribution in [0.25, 0.3) is 0 Å². The zero-order valence-corrected chi connectivity index (χ0v) is 15.0. The van der Waals surface area contributed by atoms with E-state index in [1.165, 1.54) is 10.7 Å². The summed E-state index contributed by atoms with van der Waals surface area (Å²) >= 11 is 0. The summed E-state index contributed by atoms with van der Waals surface area (Å²) in [7, 11) is 3.18. The molecule has 1 heterocycles. The molecule has 0 spiro atoms. The standard InChI is InChI=1S/C19H23N3O4/c1-25-16-7-3-13(11-17(16)26-2)9-10-20-18(23)12-22-19(24)8-6-15(21-22)14-4-5-14/h3,6-8,11,14H,4-5,9-10,12H2,1-2H3,(H,20,23). The van der Waals surface area contributed by atoms with E-state index in [9.17, 15) is 9.59 Å². The van der Waals surface area contributed by atoms with Crippen LogP contribution in [0.15, 0.2) is 35.1 Å². The van der Waals surface area contributed by atoms with Crippen LogP contribution >= 0.6 is 0 Å². The first kappa shape index (κ1) is 18.0. The molecule has 7 nitrogen and oxygen atoms in total. The molecule has 1 amide bonds. The summed E-state index contributed by atoms with van der Waals surface area (Å²) in [6, 6.07) is 8.89. The van der Waals surface area contributed by atoms with Crippen LogP contribution in [0.2, 0.25) is 0 Å². The lowest BCUT2D eigenvalue weighted by Gasteiger charge is -2.10. The van der Waals surface area contributed by atoms with Crippen molar-refractivity contribution >= 4 is 5.91 Å². The number of hydrogen-bond donors (Lipinski definition) is 1. The summed E-state index contributed by atoms with van der Waals surface area (Å²) in [5.41, 5.74) is 1.65. The fourth-order valence-electron chi connectivity index (χ4n) is 2.75. The van der Waals surface area contributed by atoms with Gasteiger partial charge in [0.05, 0.1) is 19.9 Å². The summed E-state index contributed by atoms with van der Waals surface area (Å²) in [5.74, 6) is 1.54. The van der Waals surface area contributed by atoms with Gasteiger partial charge in [-0.25, -0.2) is 4.68 Å². The lowest BCUT2D eigenvalue weighted by Crippen LogP contribution is -2.34. The molecular weight excluding hydrogens is 334 g/mol. The summed E-state index contributed by atoms with van der Waals surface area (Å²) in [6.07, 6.45) is 2.85. The van der Waals surface area contributed by atoms with E-state index in [-0.39, 0.29) is 18.0 Å². The fourth-order valence-corrected chi connectivity index (χ4v) is 2.75. The van der Waals surface area contributed by atoms with Crippen LogP contribution in [-0.2, 0) is 17.8 Å². The van der Waals surface area contributed by atoms with E-state index in [1.54, 1.807) is 20.3 Å². The quantitative estimate of drug-likeness (QED) is 0.774. The van der Waals surface area contributed by atoms with Gasteiger partial charge in [-0.3, -0.25) is 9.59 Å². The van der Waals surface area contributed by atoms with Gasteiger partial charge in [0.1, 0.15) is 6.54 Å². The molecule has 138 valence electrons. The number of methoxy groups -OCH3 is 2. The molecule has 1 N–H and O–H groups in total. The van der Waals surface area contributed by atoms with Gasteiger partial charge in [-0.2, -0.15) is 5.10 Å². The predicted octanol–water partition coefficient (Wildman–Crippen LogP) is 1.50. The number of nitrogens with zero attached hydrogens (tertiary/aromatic N) is 2. The third-order valence-electron chi connectivity index (χ3n) is 4.36. The number of carbonyl (C=O) groups is 1. The van der Waals surface area contributed by atoms with Crippen LogP contribution in [0.1, 0.15) is 30.0 Å². The number of ether oxygens (including phenoxy) is 2. The lowest BCUT2D eigenvalue weighted by molar-refractivity contribution is -0.121. The van der Waals surface area contributed by atoms with Crippen LogP contribution in [0.3, 0.4) is 0 Å². The Hall–Kier alpha value is -2.83. The number of aromatic nitrogens is 2. The fraction of sp³-hybridized carbons (Fsp3) is 0.421. The summed E-state index contributed by atoms with van der Waals surface area (Å²) in [5, 5.41) is 7.12. The van der Waals surface area contributed by atoms with Gasteiger partial charge in [0.15, 0.2) is 11.5 Å². The molecule has 7 heteroatoms. The molecule has 1 fully saturated rings. The Morgan fingerprint density at radius 2 is 1.96 bits per heavy atom. The molecule has 2 aromatic rings. The molecular formula is C19H23N3O4. The third-order valence-corrected chi connectivity index (χ3v) is 4.36. The average Bonchev–Trinajstić information content (AvgIpc) is 3.48. The van der Waals surface area contributed by atoms with Crippen molar-refractivity contribution in [2.45, 2.75) is 31.7 Å². The number of carbonyl (C=O) groups excluding carboxylic acids is 1. The maximum atomic E-state index is 12.1. The van der Waals surface area contributed by atoms with Crippen LogP contribution in [0.5, 0.6) is 11.5 Å². The number of rotatable bonds is 8. The Morgan fingerprint density at radius 3 is 2.65 bits per heavy atom. The molecule has 0 aliphatic heterocycles. The molecule has 0 radical (unpaired) electrons. The van der Waals surface area contributed by atoms with Crippen molar-refractivity contribution in [1.29, 1.82) is 0 Å². The van der Waals surface area contributed by atoms with E-state index in [0.29, 0.717) is 30.4 Å². The van der Waals surface area contributed by atoms with E-state index in [1.807, 2.05) is 18.2 Å². The van der Waals surface area contributed by atoms with Crippen molar-refractivity contribution in [2.75, 3.05) is 20.8 Å². The van der Waals surface area contributed by atoms with Crippen molar-refractivity contribution < 1.29 is 14.3 Å². The van der Waals surface area contributed by atoms with Crippen LogP contribution in [-0.4, -0.2) is 36.5 Å². The minimum Gasteiger partial charge on any atom is -0.493 e. The highest BCUT2D eigenvalue weighted by atomic mass is 16.5. The molecule has 26 heavy (non-hydrogen) atoms. The Bertz CT molecular complexity index is 843. The number of amides is 1. The average molecular weight is 357 g/mol. The highest BCUT2D eigenvalue weighted by molar-refractivity contribution is 5.75. The normalized spacial score (nSPS) is 13.3. The second-order valence-electron chi connectivity index (χ2n) is 6.32. The molecule has 1 aromatic heterocycles. The third kappa shape index (κ3) is 4.41. The van der Waals surface area contributed by atoms with E-state index in [0.717, 1.165) is 24.1 Å². The van der Waals surface area contributed by atoms with Crippen molar-refractivity contribution in [3.8, 4) is 11.5 Å². The molecule has 0 unspecified atom stereocenters. The van der Waals surface area contributed by atoms with Gasteiger partial charge in [-0.1, -0.05) is 6.07 Å². The summed E-state index contributed by atoms with van der Waals surface area (Å²) in [6.45, 7) is 0.400. The molecule has 1 aliphatic rings. The summed E-state index contributed by atoms with van der Waals surface area (Å²) in [4.78, 5) is 24.0. The smallest absolute Gasteiger partial charge is 0.267 e. The molecule has 0 bridgehead atoms. The number of benzene rings is 1. The molecule has 3 rings (SSSR count). The Morgan fingerprint density at radius 1 is 1.19 bits per heavy atom. The number of hydrogen-bond acceptors (Lipinski definition) is 5. The highest BCUT2D eigenvalue weighted by Gasteiger charge is 2.25. The van der Waals surface area contributed by atoms with E-state index < -0.39 is 0 Å². The maximum Gasteiger partial charge on any atom is 0.267 e. The van der Waals surface area contributed by atoms with Gasteiger partial charge in [0.25, 0.3) is 5.56 Å². The molecule has 1 saturated carbocycles. The van der Waals surface area contributed by atoms with Crippen LogP contribution in [0.4, 0.5) is 0 Å². The second-order valence-corrected chi connectivity index (χ2v) is 6.32. The Kier molecular flexibility index (Phi) is 5.55. The lowest BCUT2D eigenvalue weighted by atomic mass is 10.1. The monoisotopic (exact) mass is 357 g/mol. The zero-order valence-electron chi connectivity index (χ0n) is 15.0. The highest BCUT2D eigenvalue weighted by Crippen LogP contribution is 2.38. The zero-order chi connectivity index (χ0) is 18.5. The molecule has 0 atom stereocenters. The van der Waals surface area contributed by atoms with Crippen molar-refractivity contribution in [3.63, 3.8) is 0 Å². The van der Waals surface area contributed by atoms with E-state index in [4.69, 9.17) is 9.47 Å². The van der Waals surface area contributed by atoms with Gasteiger partial charge < -0.3 is 14.8 Å². The minimum atomic E-state index is -0.260. The first-order valence-corrected chi connectivity index (χ1v) is 8.66. The minimum absolute atomic E-state index is 0.0642. The Labute approximate surface area is 151 Å². The van der Waals surface area contributed by atoms with Crippen LogP contribution < -0.4 is 20.3 Å². The topological polar surface area (TPSA) is 82.5 Å². The van der Waals surface area contributed by atoms with Crippen LogP contribution in [0, 0.1) is 0 Å². The van der Waals surface area contributed by atoms with Crippen molar-refractivity contribution in [1.82, 2.24) is 15.1 Å². The first-order valence-electron chi connectivity index (χ1n) is 8.66. The maximum absolute atomic E-state index is 12.1. The Balaban J connectivity index is 1.53. The summed E-state index contributed by atoms with van der Waals surface area (Å²) < 4.78 is 11.7. The SMILES string of the molecule is COc1ccc(CCNC(=O)Cn2nc(C3CC3)ccc2=O)cc1OC. The first-order chi connectivity index (χ1) is 12.6. The number of nitrogens with one attached hydrogen (secondary N) is 1. The van der Waals surface area contributed by atoms with E-state index in [2.05, 4.69) is 10.4 Å². The van der Waals surface area contributed by atoms with Crippen molar-refractivity contribution in [3.05, 3.63) is 51.9 Å². The largest absolute Gasteiger partial charge is 0.493 e. The molecule has 1 aliphatic carbocycles. The second kappa shape index (κ2) is 8.03. The molecule has 1 aromatic carbocycles. The van der Waals surface area contributed by atoms with E-state index >= 15 is 0 Å². The van der Waals surface area contributed by atoms with Gasteiger partial charge in [0.2, 0.25) is 5.91 Å². The van der Waals surface area contributed by atoms with Gasteiger partial charge in [0, 0.05) is 18.5 Å². The predicted molar refractivity (Wildman–Crippen MR) is 96.7 cm³/mol. The van der Waals surface area contributed by atoms with Gasteiger partial charge >= 0.3 is 0 Å². The molecule has 0 saturated heterocycles.